The molecule has 0 saturated heterocycles. The molecule has 1 amide bonds. The van der Waals surface area contributed by atoms with Crippen LogP contribution in [0.1, 0.15) is 42.7 Å². The molecular formula is C20H24N4O3S. The minimum atomic E-state index is -0.183. The van der Waals surface area contributed by atoms with E-state index in [1.807, 2.05) is 0 Å². The number of aromatic nitrogens is 3. The van der Waals surface area contributed by atoms with E-state index in [0.29, 0.717) is 19.1 Å². The molecule has 0 radical (unpaired) electrons. The predicted molar refractivity (Wildman–Crippen MR) is 101 cm³/mol. The summed E-state index contributed by atoms with van der Waals surface area (Å²) in [7, 11) is 1.69. The molecule has 4 saturated carbocycles. The number of methoxy groups -OCH3 is 1. The Kier molecular flexibility index (Phi) is 3.72. The number of ether oxygens (including phenoxy) is 1. The first-order valence-corrected chi connectivity index (χ1v) is 11.1. The molecule has 2 aromatic rings. The van der Waals surface area contributed by atoms with Crippen molar-refractivity contribution in [3.8, 4) is 11.4 Å². The summed E-state index contributed by atoms with van der Waals surface area (Å²) in [5, 5.41) is 8.18. The fourth-order valence-electron chi connectivity index (χ4n) is 6.49. The third-order valence-electron chi connectivity index (χ3n) is 7.48. The van der Waals surface area contributed by atoms with Crippen molar-refractivity contribution in [2.75, 3.05) is 13.7 Å². The van der Waals surface area contributed by atoms with Crippen LogP contribution in [0.4, 0.5) is 0 Å². The summed E-state index contributed by atoms with van der Waals surface area (Å²) in [6.07, 6.45) is 7.60. The van der Waals surface area contributed by atoms with Crippen LogP contribution in [0.15, 0.2) is 9.62 Å². The van der Waals surface area contributed by atoms with E-state index in [4.69, 9.17) is 14.4 Å². The minimum absolute atomic E-state index is 0.116. The van der Waals surface area contributed by atoms with E-state index in [9.17, 15) is 4.79 Å². The molecule has 4 fully saturated rings. The molecule has 7 rings (SSSR count). The van der Waals surface area contributed by atoms with Crippen LogP contribution in [0.3, 0.4) is 0 Å². The Hall–Kier alpha value is -1.80. The van der Waals surface area contributed by atoms with Crippen molar-refractivity contribution in [2.24, 2.45) is 28.2 Å². The number of hydrogen-bond acceptors (Lipinski definition) is 6. The second kappa shape index (κ2) is 6.10. The Balaban J connectivity index is 1.45. The van der Waals surface area contributed by atoms with E-state index >= 15 is 0 Å². The highest BCUT2D eigenvalue weighted by atomic mass is 32.1. The summed E-state index contributed by atoms with van der Waals surface area (Å²) < 4.78 is 12.4. The summed E-state index contributed by atoms with van der Waals surface area (Å²) >= 11 is 1.62. The average molecular weight is 401 g/mol. The van der Waals surface area contributed by atoms with Crippen molar-refractivity contribution in [3.05, 3.63) is 15.4 Å². The lowest BCUT2D eigenvalue weighted by molar-refractivity contribution is -0.129. The number of carbonyl (C=O) groups is 1. The van der Waals surface area contributed by atoms with E-state index in [1.165, 1.54) is 24.1 Å². The number of nitrogens with zero attached hydrogens (tertiary/aromatic N) is 4. The van der Waals surface area contributed by atoms with Crippen molar-refractivity contribution in [2.45, 2.75) is 51.5 Å². The smallest absolute Gasteiger partial charge is 0.254 e. The third kappa shape index (κ3) is 2.30. The third-order valence-corrected chi connectivity index (χ3v) is 8.62. The van der Waals surface area contributed by atoms with Gasteiger partial charge in [-0.1, -0.05) is 5.16 Å². The maximum atomic E-state index is 13.5. The molecule has 0 N–H and O–H groups in total. The van der Waals surface area contributed by atoms with E-state index in [0.717, 1.165) is 59.4 Å². The van der Waals surface area contributed by atoms with Gasteiger partial charge in [0.15, 0.2) is 10.5 Å². The summed E-state index contributed by atoms with van der Waals surface area (Å²) in [6.45, 7) is 1.20. The average Bonchev–Trinajstić information content (AvgIpc) is 3.39. The van der Waals surface area contributed by atoms with Crippen molar-refractivity contribution in [1.82, 2.24) is 14.9 Å². The summed E-state index contributed by atoms with van der Waals surface area (Å²) in [4.78, 5) is 20.2. The molecule has 5 aliphatic carbocycles. The molecule has 5 aliphatic rings. The van der Waals surface area contributed by atoms with Crippen LogP contribution in [0.25, 0.3) is 11.4 Å². The van der Waals surface area contributed by atoms with E-state index in [-0.39, 0.29) is 11.3 Å². The number of carbonyl (C=O) groups excluding carboxylic acids is 1. The maximum absolute atomic E-state index is 13.5. The van der Waals surface area contributed by atoms with Crippen LogP contribution in [0.2, 0.25) is 0 Å². The highest BCUT2D eigenvalue weighted by molar-refractivity contribution is 7.09. The SMILES string of the molecule is COCCn1c2c(sc1=NC(=O)C13CC4CC(CC1C4)C3)CCc1nonc1-2. The quantitative estimate of drug-likeness (QED) is 0.788. The van der Waals surface area contributed by atoms with Gasteiger partial charge in [0.05, 0.1) is 17.7 Å². The van der Waals surface area contributed by atoms with Crippen LogP contribution < -0.4 is 4.80 Å². The van der Waals surface area contributed by atoms with Gasteiger partial charge in [-0.15, -0.1) is 11.3 Å². The standard InChI is InChI=1S/C20H24N4O3S/c1-26-5-4-24-17-15(3-2-14-16(17)23-27-22-14)28-19(24)21-18(25)20-9-11-6-12(10-20)8-13(20)7-11/h11-13H,2-10H2,1H3. The van der Waals surface area contributed by atoms with Crippen molar-refractivity contribution >= 4 is 17.2 Å². The molecule has 2 heterocycles. The van der Waals surface area contributed by atoms with Crippen molar-refractivity contribution in [1.29, 1.82) is 0 Å². The normalized spacial score (nSPS) is 32.8. The molecule has 148 valence electrons. The molecule has 2 aromatic heterocycles. The van der Waals surface area contributed by atoms with Gasteiger partial charge in [0.25, 0.3) is 5.91 Å². The van der Waals surface area contributed by atoms with Crippen LogP contribution in [-0.4, -0.2) is 34.5 Å². The molecule has 0 aliphatic heterocycles. The molecule has 28 heavy (non-hydrogen) atoms. The molecule has 2 atom stereocenters. The zero-order valence-corrected chi connectivity index (χ0v) is 16.8. The monoisotopic (exact) mass is 400 g/mol. The second-order valence-electron chi connectivity index (χ2n) is 8.98. The number of aryl methyl sites for hydroxylation is 2. The summed E-state index contributed by atoms with van der Waals surface area (Å²) in [6, 6.07) is 0. The summed E-state index contributed by atoms with van der Waals surface area (Å²) in [5.74, 6) is 2.17. The number of fused-ring (bicyclic) bond motifs is 3. The van der Waals surface area contributed by atoms with Crippen molar-refractivity contribution < 1.29 is 14.2 Å². The molecule has 0 aromatic carbocycles. The van der Waals surface area contributed by atoms with Gasteiger partial charge in [0.2, 0.25) is 0 Å². The molecule has 4 bridgehead atoms. The van der Waals surface area contributed by atoms with Crippen LogP contribution in [0.5, 0.6) is 0 Å². The largest absolute Gasteiger partial charge is 0.383 e. The van der Waals surface area contributed by atoms with E-state index in [2.05, 4.69) is 14.9 Å². The second-order valence-corrected chi connectivity index (χ2v) is 10.0. The van der Waals surface area contributed by atoms with Gasteiger partial charge in [-0.2, -0.15) is 4.99 Å². The van der Waals surface area contributed by atoms with Gasteiger partial charge < -0.3 is 9.30 Å². The molecule has 0 spiro atoms. The lowest BCUT2D eigenvalue weighted by Gasteiger charge is -2.29. The lowest BCUT2D eigenvalue weighted by Crippen LogP contribution is -2.33. The highest BCUT2D eigenvalue weighted by Crippen LogP contribution is 2.65. The first-order valence-electron chi connectivity index (χ1n) is 10.3. The molecule has 7 nitrogen and oxygen atoms in total. The Morgan fingerprint density at radius 1 is 1.29 bits per heavy atom. The minimum Gasteiger partial charge on any atom is -0.383 e. The van der Waals surface area contributed by atoms with Gasteiger partial charge in [0.1, 0.15) is 5.69 Å². The van der Waals surface area contributed by atoms with E-state index in [1.54, 1.807) is 18.4 Å². The highest BCUT2D eigenvalue weighted by Gasteiger charge is 2.61. The van der Waals surface area contributed by atoms with Crippen LogP contribution in [-0.2, 0) is 28.9 Å². The lowest BCUT2D eigenvalue weighted by atomic mass is 9.75. The Bertz CT molecular complexity index is 1010. The van der Waals surface area contributed by atoms with E-state index < -0.39 is 0 Å². The Morgan fingerprint density at radius 3 is 2.89 bits per heavy atom. The Labute approximate surface area is 166 Å². The topological polar surface area (TPSA) is 82.5 Å². The predicted octanol–water partition coefficient (Wildman–Crippen LogP) is 2.60. The Morgan fingerprint density at radius 2 is 2.11 bits per heavy atom. The zero-order valence-electron chi connectivity index (χ0n) is 16.0. The fraction of sp³-hybridized carbons (Fsp3) is 0.700. The molecular weight excluding hydrogens is 376 g/mol. The van der Waals surface area contributed by atoms with Gasteiger partial charge in [-0.05, 0) is 61.4 Å². The number of thiazole rings is 1. The van der Waals surface area contributed by atoms with Gasteiger partial charge >= 0.3 is 0 Å². The fourth-order valence-corrected chi connectivity index (χ4v) is 7.64. The maximum Gasteiger partial charge on any atom is 0.254 e. The zero-order chi connectivity index (χ0) is 18.9. The van der Waals surface area contributed by atoms with Crippen LogP contribution in [0, 0.1) is 23.2 Å². The van der Waals surface area contributed by atoms with Crippen molar-refractivity contribution in [3.63, 3.8) is 0 Å². The molecule has 2 unspecified atom stereocenters. The first-order chi connectivity index (χ1) is 13.7. The number of hydrogen-bond donors (Lipinski definition) is 0. The van der Waals surface area contributed by atoms with Gasteiger partial charge in [-0.3, -0.25) is 4.79 Å². The molecule has 8 heteroatoms. The number of amides is 1. The van der Waals surface area contributed by atoms with Gasteiger partial charge in [0, 0.05) is 25.0 Å². The summed E-state index contributed by atoms with van der Waals surface area (Å²) in [5.41, 5.74) is 2.50. The van der Waals surface area contributed by atoms with Crippen LogP contribution >= 0.6 is 11.3 Å². The number of rotatable bonds is 4. The first kappa shape index (κ1) is 17.1. The van der Waals surface area contributed by atoms with Gasteiger partial charge in [-0.25, -0.2) is 4.63 Å².